The average Bonchev–Trinajstić information content (AvgIpc) is 2.13. The Morgan fingerprint density at radius 2 is 2.11 bits per heavy atom. The van der Waals surface area contributed by atoms with Crippen molar-refractivity contribution in [3.63, 3.8) is 0 Å². The van der Waals surface area contributed by atoms with Crippen LogP contribution in [0.2, 0.25) is 0 Å². The Hall–Kier alpha value is 0.0700. The molecule has 1 rings (SSSR count). The Morgan fingerprint density at radius 1 is 1.50 bits per heavy atom. The van der Waals surface area contributed by atoms with Gasteiger partial charge in [-0.25, -0.2) is 0 Å². The van der Waals surface area contributed by atoms with E-state index < -0.39 is 28.9 Å². The van der Waals surface area contributed by atoms with Crippen LogP contribution in [0, 0.1) is 11.3 Å². The summed E-state index contributed by atoms with van der Waals surface area (Å²) in [4.78, 5) is 11.4. The predicted molar refractivity (Wildman–Crippen MR) is 72.0 cm³/mol. The molecule has 5 atom stereocenters. The van der Waals surface area contributed by atoms with Crippen molar-refractivity contribution in [2.75, 3.05) is 6.54 Å². The van der Waals surface area contributed by atoms with Gasteiger partial charge in [-0.15, -0.1) is 0 Å². The molecule has 0 radical (unpaired) electrons. The van der Waals surface area contributed by atoms with E-state index in [1.807, 2.05) is 20.8 Å². The minimum absolute atomic E-state index is 0.111. The minimum Gasteiger partial charge on any atom is -0.481 e. The number of aliphatic carboxylic acids is 1. The smallest absolute Gasteiger partial charge is 0.310 e. The lowest BCUT2D eigenvalue weighted by molar-refractivity contribution is -0.168. The zero-order valence-corrected chi connectivity index (χ0v) is 12.6. The van der Waals surface area contributed by atoms with Crippen molar-refractivity contribution in [3.05, 3.63) is 0 Å². The van der Waals surface area contributed by atoms with Crippen LogP contribution < -0.4 is 5.73 Å². The van der Waals surface area contributed by atoms with Crippen molar-refractivity contribution in [1.82, 2.24) is 0 Å². The second-order valence-electron chi connectivity index (χ2n) is 5.38. The van der Waals surface area contributed by atoms with Gasteiger partial charge in [-0.05, 0) is 18.4 Å². The van der Waals surface area contributed by atoms with Crippen LogP contribution in [0.1, 0.15) is 27.2 Å². The fraction of sp³-hybridized carbons (Fsp3) is 0.909. The number of halogens is 1. The number of ether oxygens (including phenoxy) is 2. The predicted octanol–water partition coefficient (Wildman–Crippen LogP) is 1.98. The van der Waals surface area contributed by atoms with Gasteiger partial charge in [0, 0.05) is 0 Å². The van der Waals surface area contributed by atoms with E-state index in [2.05, 4.69) is 0 Å². The van der Waals surface area contributed by atoms with E-state index >= 15 is 0 Å². The molecule has 0 saturated carbocycles. The number of carbonyl (C=O) groups is 1. The second-order valence-corrected chi connectivity index (χ2v) is 7.28. The van der Waals surface area contributed by atoms with E-state index in [-0.39, 0.29) is 14.4 Å². The summed E-state index contributed by atoms with van der Waals surface area (Å²) >= 11 is 5.87. The van der Waals surface area contributed by atoms with Gasteiger partial charge in [-0.3, -0.25) is 4.79 Å². The Kier molecular flexibility index (Phi) is 5.81. The number of nitrogens with two attached hydrogens (primary N) is 1. The molecule has 1 fully saturated rings. The summed E-state index contributed by atoms with van der Waals surface area (Å²) in [7, 11) is 0.234. The molecule has 3 N–H and O–H groups in total. The van der Waals surface area contributed by atoms with Crippen LogP contribution >= 0.6 is 20.2 Å². The van der Waals surface area contributed by atoms with Gasteiger partial charge in [0.15, 0.2) is 0 Å². The summed E-state index contributed by atoms with van der Waals surface area (Å²) in [6, 6.07) is 0. The molecule has 0 spiro atoms. The van der Waals surface area contributed by atoms with Crippen LogP contribution in [0.3, 0.4) is 0 Å². The first kappa shape index (κ1) is 16.1. The number of alkyl halides is 1. The summed E-state index contributed by atoms with van der Waals surface area (Å²) < 4.78 is 10.8. The Balaban J connectivity index is 2.81. The van der Waals surface area contributed by atoms with Crippen LogP contribution in [0.4, 0.5) is 0 Å². The SMILES string of the molecule is CC(C)(C)C(C(=O)O)[C@@H]1OC(Cl)O[C@@H](CCN)P1. The van der Waals surface area contributed by atoms with Crippen LogP contribution in [0.25, 0.3) is 0 Å². The van der Waals surface area contributed by atoms with Crippen molar-refractivity contribution < 1.29 is 19.4 Å². The lowest BCUT2D eigenvalue weighted by Gasteiger charge is -2.40. The van der Waals surface area contributed by atoms with Gasteiger partial charge in [0.2, 0.25) is 5.75 Å². The number of carboxylic acids is 1. The van der Waals surface area contributed by atoms with Crippen LogP contribution in [-0.2, 0) is 14.3 Å². The third-order valence-corrected chi connectivity index (χ3v) is 4.61. The van der Waals surface area contributed by atoms with Gasteiger partial charge in [0.1, 0.15) is 0 Å². The Labute approximate surface area is 114 Å². The van der Waals surface area contributed by atoms with E-state index in [0.29, 0.717) is 13.0 Å². The number of carboxylic acid groups (broad SMARTS) is 1. The monoisotopic (exact) mass is 297 g/mol. The van der Waals surface area contributed by atoms with Crippen molar-refractivity contribution in [1.29, 1.82) is 0 Å². The van der Waals surface area contributed by atoms with E-state index in [9.17, 15) is 9.90 Å². The summed E-state index contributed by atoms with van der Waals surface area (Å²) in [6.45, 7) is 6.14. The van der Waals surface area contributed by atoms with Crippen LogP contribution in [-0.4, -0.2) is 35.1 Å². The van der Waals surface area contributed by atoms with Gasteiger partial charge in [-0.2, -0.15) is 0 Å². The Bertz CT molecular complexity index is 297. The molecule has 7 heteroatoms. The molecule has 0 aromatic heterocycles. The minimum atomic E-state index is -0.892. The molecule has 18 heavy (non-hydrogen) atoms. The maximum Gasteiger partial charge on any atom is 0.310 e. The van der Waals surface area contributed by atoms with Gasteiger partial charge >= 0.3 is 5.97 Å². The van der Waals surface area contributed by atoms with E-state index in [1.54, 1.807) is 0 Å². The van der Waals surface area contributed by atoms with Crippen molar-refractivity contribution in [2.45, 2.75) is 44.6 Å². The highest BCUT2D eigenvalue weighted by Crippen LogP contribution is 2.45. The van der Waals surface area contributed by atoms with Gasteiger partial charge < -0.3 is 20.3 Å². The third kappa shape index (κ3) is 4.32. The highest BCUT2D eigenvalue weighted by molar-refractivity contribution is 7.39. The number of rotatable bonds is 4. The topological polar surface area (TPSA) is 81.8 Å². The van der Waals surface area contributed by atoms with E-state index in [0.717, 1.165) is 0 Å². The first-order chi connectivity index (χ1) is 8.25. The van der Waals surface area contributed by atoms with Crippen molar-refractivity contribution in [2.24, 2.45) is 17.1 Å². The summed E-state index contributed by atoms with van der Waals surface area (Å²) in [5.74, 6) is -2.90. The zero-order valence-electron chi connectivity index (χ0n) is 10.9. The molecular weight excluding hydrogens is 277 g/mol. The lowest BCUT2D eigenvalue weighted by atomic mass is 9.81. The molecule has 1 saturated heterocycles. The maximum absolute atomic E-state index is 11.4. The molecule has 0 aromatic carbocycles. The van der Waals surface area contributed by atoms with Gasteiger partial charge in [0.25, 0.3) is 0 Å². The van der Waals surface area contributed by atoms with E-state index in [4.69, 9.17) is 26.8 Å². The highest BCUT2D eigenvalue weighted by atomic mass is 35.5. The normalized spacial score (nSPS) is 32.4. The molecule has 0 aliphatic carbocycles. The standard InChI is InChI=1S/C11H21ClNO4P/c1-11(2,3)7(8(14)15)9-17-10(12)16-6(18-9)4-5-13/h6-7,9-10,18H,4-5,13H2,1-3H3,(H,14,15)/t6-,7?,9-,10?/m1/s1. The van der Waals surface area contributed by atoms with Gasteiger partial charge in [-0.1, -0.05) is 41.0 Å². The third-order valence-electron chi connectivity index (χ3n) is 2.81. The summed E-state index contributed by atoms with van der Waals surface area (Å²) in [5, 5.41) is 9.38. The quantitative estimate of drug-likeness (QED) is 0.612. The fourth-order valence-corrected chi connectivity index (χ4v) is 4.32. The molecule has 1 aliphatic heterocycles. The molecule has 1 heterocycles. The molecule has 0 aromatic rings. The molecule has 3 unspecified atom stereocenters. The zero-order chi connectivity index (χ0) is 13.9. The second kappa shape index (κ2) is 6.49. The number of hydrogen-bond donors (Lipinski definition) is 2. The van der Waals surface area contributed by atoms with Gasteiger partial charge in [0.05, 0.1) is 17.6 Å². The average molecular weight is 298 g/mol. The Morgan fingerprint density at radius 3 is 2.56 bits per heavy atom. The van der Waals surface area contributed by atoms with Crippen molar-refractivity contribution >= 4 is 26.2 Å². The number of hydrogen-bond acceptors (Lipinski definition) is 4. The molecule has 106 valence electrons. The maximum atomic E-state index is 11.4. The molecule has 5 nitrogen and oxygen atoms in total. The summed E-state index contributed by atoms with van der Waals surface area (Å²) in [6.07, 6.45) is 0.665. The van der Waals surface area contributed by atoms with Crippen LogP contribution in [0.15, 0.2) is 0 Å². The highest BCUT2D eigenvalue weighted by Gasteiger charge is 2.43. The van der Waals surface area contributed by atoms with Crippen LogP contribution in [0.5, 0.6) is 0 Å². The first-order valence-electron chi connectivity index (χ1n) is 5.89. The van der Waals surface area contributed by atoms with Crippen molar-refractivity contribution in [3.8, 4) is 0 Å². The molecule has 0 amide bonds. The molecular formula is C11H21ClNO4P. The summed E-state index contributed by atoms with van der Waals surface area (Å²) in [5.41, 5.74) is 5.10. The largest absolute Gasteiger partial charge is 0.481 e. The molecule has 0 bridgehead atoms. The lowest BCUT2D eigenvalue weighted by Crippen LogP contribution is -2.43. The first-order valence-corrected chi connectivity index (χ1v) is 7.48. The van der Waals surface area contributed by atoms with E-state index in [1.165, 1.54) is 0 Å². The molecule has 1 aliphatic rings. The fourth-order valence-electron chi connectivity index (χ4n) is 1.97.